The zero-order valence-electron chi connectivity index (χ0n) is 15.9. The minimum Gasteiger partial charge on any atom is -0.494 e. The summed E-state index contributed by atoms with van der Waals surface area (Å²) in [5, 5.41) is 13.6. The fraction of sp³-hybridized carbons (Fsp3) is 0.333. The van der Waals surface area contributed by atoms with Gasteiger partial charge in [-0.05, 0) is 59.9 Å². The Hall–Kier alpha value is -2.36. The van der Waals surface area contributed by atoms with E-state index in [0.29, 0.717) is 6.61 Å². The number of likely N-dealkylation sites (tertiary alicyclic amines) is 1. The van der Waals surface area contributed by atoms with Crippen molar-refractivity contribution < 1.29 is 9.84 Å². The molecule has 3 aromatic carbocycles. The number of aliphatic hydroxyl groups is 1. The van der Waals surface area contributed by atoms with Gasteiger partial charge < -0.3 is 9.84 Å². The van der Waals surface area contributed by atoms with E-state index in [9.17, 15) is 5.11 Å². The lowest BCUT2D eigenvalue weighted by molar-refractivity contribution is -0.0276. The number of hydrogen-bond acceptors (Lipinski definition) is 3. The summed E-state index contributed by atoms with van der Waals surface area (Å²) in [6.45, 7) is 5.43. The van der Waals surface area contributed by atoms with Gasteiger partial charge in [0.2, 0.25) is 0 Å². The summed E-state index contributed by atoms with van der Waals surface area (Å²) < 4.78 is 5.59. The van der Waals surface area contributed by atoms with E-state index in [1.165, 1.54) is 5.56 Å². The number of rotatable bonds is 5. The Morgan fingerprint density at radius 3 is 2.37 bits per heavy atom. The van der Waals surface area contributed by atoms with Crippen molar-refractivity contribution >= 4 is 10.8 Å². The molecule has 1 heterocycles. The molecule has 4 rings (SSSR count). The van der Waals surface area contributed by atoms with E-state index >= 15 is 0 Å². The van der Waals surface area contributed by atoms with Crippen molar-refractivity contribution in [3.63, 3.8) is 0 Å². The summed E-state index contributed by atoms with van der Waals surface area (Å²) >= 11 is 0. The highest BCUT2D eigenvalue weighted by Crippen LogP contribution is 2.35. The number of hydrogen-bond donors (Lipinski definition) is 1. The van der Waals surface area contributed by atoms with Crippen molar-refractivity contribution in [3.8, 4) is 5.75 Å². The standard InChI is InChI=1S/C24H27NO2/c1-2-27-23-11-9-20-16-22(10-8-21(20)17-23)24(26)12-14-25(15-13-24)18-19-6-4-3-5-7-19/h3-11,16-17,26H,2,12-15,18H2,1H3. The summed E-state index contributed by atoms with van der Waals surface area (Å²) in [5.74, 6) is 0.894. The first-order valence-corrected chi connectivity index (χ1v) is 9.82. The predicted molar refractivity (Wildman–Crippen MR) is 110 cm³/mol. The van der Waals surface area contributed by atoms with Gasteiger partial charge in [0.05, 0.1) is 12.2 Å². The van der Waals surface area contributed by atoms with Gasteiger partial charge in [0.25, 0.3) is 0 Å². The van der Waals surface area contributed by atoms with E-state index < -0.39 is 5.60 Å². The van der Waals surface area contributed by atoms with Crippen LogP contribution < -0.4 is 4.74 Å². The minimum atomic E-state index is -0.736. The molecule has 0 spiro atoms. The van der Waals surface area contributed by atoms with Crippen LogP contribution in [0.2, 0.25) is 0 Å². The second-order valence-electron chi connectivity index (χ2n) is 7.45. The molecule has 1 fully saturated rings. The van der Waals surface area contributed by atoms with Gasteiger partial charge in [-0.25, -0.2) is 0 Å². The van der Waals surface area contributed by atoms with E-state index in [4.69, 9.17) is 4.74 Å². The second kappa shape index (κ2) is 7.71. The third kappa shape index (κ3) is 4.00. The summed E-state index contributed by atoms with van der Waals surface area (Å²) in [4.78, 5) is 2.43. The Morgan fingerprint density at radius 2 is 1.63 bits per heavy atom. The van der Waals surface area contributed by atoms with E-state index in [1.54, 1.807) is 0 Å². The van der Waals surface area contributed by atoms with Crippen molar-refractivity contribution in [1.82, 2.24) is 4.90 Å². The third-order valence-electron chi connectivity index (χ3n) is 5.59. The average Bonchev–Trinajstić information content (AvgIpc) is 2.70. The molecule has 0 amide bonds. The molecule has 27 heavy (non-hydrogen) atoms. The normalized spacial score (nSPS) is 17.1. The van der Waals surface area contributed by atoms with Gasteiger partial charge >= 0.3 is 0 Å². The van der Waals surface area contributed by atoms with Crippen LogP contribution >= 0.6 is 0 Å². The van der Waals surface area contributed by atoms with Gasteiger partial charge in [-0.15, -0.1) is 0 Å². The summed E-state index contributed by atoms with van der Waals surface area (Å²) in [6.07, 6.45) is 1.53. The molecule has 1 N–H and O–H groups in total. The Bertz CT molecular complexity index is 899. The molecule has 0 radical (unpaired) electrons. The maximum atomic E-state index is 11.3. The molecule has 0 atom stereocenters. The van der Waals surface area contributed by atoms with Gasteiger partial charge in [-0.1, -0.05) is 48.5 Å². The molecule has 3 aromatic rings. The number of benzene rings is 3. The van der Waals surface area contributed by atoms with Crippen LogP contribution in [0, 0.1) is 0 Å². The molecule has 0 saturated carbocycles. The summed E-state index contributed by atoms with van der Waals surface area (Å²) in [5.41, 5.74) is 1.62. The molecule has 3 nitrogen and oxygen atoms in total. The van der Waals surface area contributed by atoms with Crippen LogP contribution in [0.1, 0.15) is 30.9 Å². The monoisotopic (exact) mass is 361 g/mol. The molecule has 3 heteroatoms. The Kier molecular flexibility index (Phi) is 5.15. The van der Waals surface area contributed by atoms with Gasteiger partial charge in [-0.3, -0.25) is 4.90 Å². The first-order chi connectivity index (χ1) is 13.2. The van der Waals surface area contributed by atoms with Crippen molar-refractivity contribution in [2.45, 2.75) is 31.9 Å². The number of piperidine rings is 1. The molecule has 140 valence electrons. The number of fused-ring (bicyclic) bond motifs is 1. The van der Waals surface area contributed by atoms with Crippen LogP contribution in [0.3, 0.4) is 0 Å². The Labute approximate surface area is 161 Å². The SMILES string of the molecule is CCOc1ccc2cc(C3(O)CCN(Cc4ccccc4)CC3)ccc2c1. The first-order valence-electron chi connectivity index (χ1n) is 9.82. The van der Waals surface area contributed by atoms with Gasteiger partial charge in [0.1, 0.15) is 5.75 Å². The van der Waals surface area contributed by atoms with Crippen LogP contribution in [-0.4, -0.2) is 29.7 Å². The minimum absolute atomic E-state index is 0.669. The van der Waals surface area contributed by atoms with E-state index in [-0.39, 0.29) is 0 Å². The second-order valence-corrected chi connectivity index (χ2v) is 7.45. The third-order valence-corrected chi connectivity index (χ3v) is 5.59. The first kappa shape index (κ1) is 18.0. The topological polar surface area (TPSA) is 32.7 Å². The summed E-state index contributed by atoms with van der Waals surface area (Å²) in [7, 11) is 0. The lowest BCUT2D eigenvalue weighted by atomic mass is 9.83. The molecular weight excluding hydrogens is 334 g/mol. The molecule has 0 aromatic heterocycles. The van der Waals surface area contributed by atoms with Crippen LogP contribution in [0.5, 0.6) is 5.75 Å². The molecular formula is C24H27NO2. The molecule has 0 aliphatic carbocycles. The molecule has 0 unspecified atom stereocenters. The van der Waals surface area contributed by atoms with Crippen LogP contribution in [0.4, 0.5) is 0 Å². The molecule has 1 aliphatic heterocycles. The maximum Gasteiger partial charge on any atom is 0.119 e. The molecule has 1 saturated heterocycles. The largest absolute Gasteiger partial charge is 0.494 e. The van der Waals surface area contributed by atoms with Crippen molar-refractivity contribution in [1.29, 1.82) is 0 Å². The highest BCUT2D eigenvalue weighted by Gasteiger charge is 2.34. The van der Waals surface area contributed by atoms with E-state index in [0.717, 1.165) is 54.6 Å². The van der Waals surface area contributed by atoms with E-state index in [1.807, 2.05) is 13.0 Å². The number of nitrogens with zero attached hydrogens (tertiary/aromatic N) is 1. The lowest BCUT2D eigenvalue weighted by Gasteiger charge is -2.38. The van der Waals surface area contributed by atoms with Gasteiger partial charge in [-0.2, -0.15) is 0 Å². The fourth-order valence-corrected chi connectivity index (χ4v) is 3.98. The zero-order valence-corrected chi connectivity index (χ0v) is 15.9. The fourth-order valence-electron chi connectivity index (χ4n) is 3.98. The van der Waals surface area contributed by atoms with Crippen LogP contribution in [-0.2, 0) is 12.1 Å². The maximum absolute atomic E-state index is 11.3. The quantitative estimate of drug-likeness (QED) is 0.714. The number of ether oxygens (including phenoxy) is 1. The van der Waals surface area contributed by atoms with Crippen molar-refractivity contribution in [2.75, 3.05) is 19.7 Å². The van der Waals surface area contributed by atoms with Gasteiger partial charge in [0.15, 0.2) is 0 Å². The Balaban J connectivity index is 1.47. The highest BCUT2D eigenvalue weighted by atomic mass is 16.5. The molecule has 1 aliphatic rings. The predicted octanol–water partition coefficient (Wildman–Crippen LogP) is 4.72. The van der Waals surface area contributed by atoms with Crippen molar-refractivity contribution in [3.05, 3.63) is 77.9 Å². The van der Waals surface area contributed by atoms with Gasteiger partial charge in [0, 0.05) is 19.6 Å². The van der Waals surface area contributed by atoms with Crippen LogP contribution in [0.15, 0.2) is 66.7 Å². The Morgan fingerprint density at radius 1 is 0.926 bits per heavy atom. The smallest absolute Gasteiger partial charge is 0.119 e. The lowest BCUT2D eigenvalue weighted by Crippen LogP contribution is -2.42. The summed E-state index contributed by atoms with van der Waals surface area (Å²) in [6, 6.07) is 23.0. The van der Waals surface area contributed by atoms with Crippen LogP contribution in [0.25, 0.3) is 10.8 Å². The molecule has 0 bridgehead atoms. The zero-order chi connectivity index (χ0) is 18.7. The van der Waals surface area contributed by atoms with Crippen molar-refractivity contribution in [2.24, 2.45) is 0 Å². The highest BCUT2D eigenvalue weighted by molar-refractivity contribution is 5.84. The van der Waals surface area contributed by atoms with E-state index in [2.05, 4.69) is 65.6 Å². The average molecular weight is 361 g/mol.